The first-order chi connectivity index (χ1) is 19.0. The Balaban J connectivity index is 1.24. The van der Waals surface area contributed by atoms with Crippen LogP contribution in [0, 0.1) is 0 Å². The fraction of sp³-hybridized carbons (Fsp3) is 0.235. The summed E-state index contributed by atoms with van der Waals surface area (Å²) in [4.78, 5) is 17.8. The summed E-state index contributed by atoms with van der Waals surface area (Å²) in [6.45, 7) is 7.48. The highest BCUT2D eigenvalue weighted by Crippen LogP contribution is 2.23. The lowest BCUT2D eigenvalue weighted by molar-refractivity contribution is -0.121. The van der Waals surface area contributed by atoms with Crippen LogP contribution in [0.4, 0.5) is 0 Å². The maximum Gasteiger partial charge on any atom is 0.224 e. The Morgan fingerprint density at radius 1 is 0.821 bits per heavy atom. The summed E-state index contributed by atoms with van der Waals surface area (Å²) in [6, 6.07) is 34.5. The Labute approximate surface area is 230 Å². The van der Waals surface area contributed by atoms with Crippen LogP contribution in [-0.4, -0.2) is 22.1 Å². The summed E-state index contributed by atoms with van der Waals surface area (Å²) < 4.78 is 8.21. The number of fused-ring (bicyclic) bond motifs is 1. The fourth-order valence-electron chi connectivity index (χ4n) is 4.85. The zero-order valence-electron chi connectivity index (χ0n) is 22.8. The van der Waals surface area contributed by atoms with Crippen LogP contribution in [0.1, 0.15) is 49.7 Å². The quantitative estimate of drug-likeness (QED) is 0.211. The Morgan fingerprint density at radius 3 is 2.21 bits per heavy atom. The van der Waals surface area contributed by atoms with Gasteiger partial charge in [-0.15, -0.1) is 0 Å². The van der Waals surface area contributed by atoms with E-state index in [1.807, 2.05) is 67.6 Å². The zero-order chi connectivity index (χ0) is 27.2. The van der Waals surface area contributed by atoms with Gasteiger partial charge < -0.3 is 14.6 Å². The van der Waals surface area contributed by atoms with Crippen LogP contribution in [0.5, 0.6) is 5.75 Å². The number of hydrogen-bond acceptors (Lipinski definition) is 3. The van der Waals surface area contributed by atoms with E-state index in [0.29, 0.717) is 25.5 Å². The minimum absolute atomic E-state index is 0.0324. The normalized spacial score (nSPS) is 12.0. The van der Waals surface area contributed by atoms with E-state index in [9.17, 15) is 4.79 Å². The van der Waals surface area contributed by atoms with Gasteiger partial charge in [-0.2, -0.15) is 0 Å². The second kappa shape index (κ2) is 12.0. The van der Waals surface area contributed by atoms with Crippen molar-refractivity contribution in [1.82, 2.24) is 14.9 Å². The number of nitrogens with one attached hydrogen (secondary N) is 1. The molecule has 0 aliphatic heterocycles. The number of amides is 1. The highest BCUT2D eigenvalue weighted by molar-refractivity contribution is 5.80. The number of imidazole rings is 1. The van der Waals surface area contributed by atoms with E-state index < -0.39 is 0 Å². The van der Waals surface area contributed by atoms with Gasteiger partial charge in [-0.1, -0.05) is 92.7 Å². The molecule has 1 N–H and O–H groups in total. The van der Waals surface area contributed by atoms with Crippen LogP contribution in [-0.2, 0) is 17.8 Å². The number of ether oxygens (including phenoxy) is 1. The molecule has 39 heavy (non-hydrogen) atoms. The van der Waals surface area contributed by atoms with E-state index in [1.54, 1.807) is 0 Å². The maximum atomic E-state index is 13.0. The Hall–Kier alpha value is -4.38. The number of carbonyl (C=O) groups excluding carboxylic acids is 1. The average Bonchev–Trinajstić information content (AvgIpc) is 3.33. The molecule has 5 aromatic rings. The molecule has 5 rings (SSSR count). The van der Waals surface area contributed by atoms with Crippen molar-refractivity contribution in [2.75, 3.05) is 6.61 Å². The van der Waals surface area contributed by atoms with Gasteiger partial charge in [-0.05, 0) is 59.4 Å². The van der Waals surface area contributed by atoms with Gasteiger partial charge in [-0.25, -0.2) is 4.98 Å². The molecule has 5 nitrogen and oxygen atoms in total. The first-order valence-corrected chi connectivity index (χ1v) is 13.6. The molecule has 0 aliphatic rings. The second-order valence-electron chi connectivity index (χ2n) is 10.2. The molecule has 0 bridgehead atoms. The van der Waals surface area contributed by atoms with Gasteiger partial charge in [0.2, 0.25) is 5.91 Å². The summed E-state index contributed by atoms with van der Waals surface area (Å²) in [5.74, 6) is 2.13. The molecule has 0 fully saturated rings. The predicted octanol–water partition coefficient (Wildman–Crippen LogP) is 7.33. The number of para-hydroxylation sites is 2. The van der Waals surface area contributed by atoms with Crippen LogP contribution in [0.2, 0.25) is 0 Å². The average molecular weight is 518 g/mol. The summed E-state index contributed by atoms with van der Waals surface area (Å²) >= 11 is 0. The molecule has 1 aromatic heterocycles. The van der Waals surface area contributed by atoms with Gasteiger partial charge in [0.05, 0.1) is 30.0 Å². The van der Waals surface area contributed by atoms with Crippen LogP contribution in [0.15, 0.2) is 103 Å². The first-order valence-electron chi connectivity index (χ1n) is 13.6. The molecule has 1 heterocycles. The van der Waals surface area contributed by atoms with Gasteiger partial charge in [0.15, 0.2) is 0 Å². The van der Waals surface area contributed by atoms with E-state index >= 15 is 0 Å². The third-order valence-corrected chi connectivity index (χ3v) is 7.00. The molecular weight excluding hydrogens is 482 g/mol. The third-order valence-electron chi connectivity index (χ3n) is 7.00. The Kier molecular flexibility index (Phi) is 8.07. The lowest BCUT2D eigenvalue weighted by Gasteiger charge is -2.17. The van der Waals surface area contributed by atoms with Crippen molar-refractivity contribution in [3.63, 3.8) is 0 Å². The molecular formula is C34H35N3O2. The van der Waals surface area contributed by atoms with Gasteiger partial charge in [0.1, 0.15) is 18.2 Å². The van der Waals surface area contributed by atoms with Crippen molar-refractivity contribution in [1.29, 1.82) is 0 Å². The van der Waals surface area contributed by atoms with Crippen molar-refractivity contribution in [3.8, 4) is 16.9 Å². The van der Waals surface area contributed by atoms with Crippen molar-refractivity contribution >= 4 is 16.9 Å². The van der Waals surface area contributed by atoms with Crippen molar-refractivity contribution in [2.45, 2.75) is 45.7 Å². The molecule has 0 saturated carbocycles. The molecule has 0 saturated heterocycles. The third kappa shape index (κ3) is 6.37. The number of benzene rings is 4. The van der Waals surface area contributed by atoms with Crippen molar-refractivity contribution in [3.05, 3.63) is 120 Å². The fourth-order valence-corrected chi connectivity index (χ4v) is 4.85. The molecule has 1 amide bonds. The van der Waals surface area contributed by atoms with Gasteiger partial charge in [0.25, 0.3) is 0 Å². The molecule has 1 unspecified atom stereocenters. The summed E-state index contributed by atoms with van der Waals surface area (Å²) in [5.41, 5.74) is 6.51. The molecule has 5 heteroatoms. The van der Waals surface area contributed by atoms with E-state index in [4.69, 9.17) is 9.72 Å². The number of carbonyl (C=O) groups is 1. The lowest BCUT2D eigenvalue weighted by Crippen LogP contribution is -2.30. The smallest absolute Gasteiger partial charge is 0.224 e. The predicted molar refractivity (Wildman–Crippen MR) is 158 cm³/mol. The topological polar surface area (TPSA) is 56.1 Å². The molecule has 4 aromatic carbocycles. The number of aromatic nitrogens is 2. The van der Waals surface area contributed by atoms with Gasteiger partial charge in [-0.3, -0.25) is 4.79 Å². The Bertz CT molecular complexity index is 1520. The maximum absolute atomic E-state index is 13.0. The SMILES string of the molecule is CC(C)c1ccc(OCCn2c(C(C)NC(=O)Cc3ccc(-c4ccccc4)cc3)nc3ccccc32)cc1. The van der Waals surface area contributed by atoms with E-state index in [2.05, 4.69) is 66.2 Å². The van der Waals surface area contributed by atoms with E-state index in [0.717, 1.165) is 39.3 Å². The molecule has 1 atom stereocenters. The Morgan fingerprint density at radius 2 is 1.49 bits per heavy atom. The van der Waals surface area contributed by atoms with Crippen molar-refractivity contribution < 1.29 is 9.53 Å². The summed E-state index contributed by atoms with van der Waals surface area (Å²) in [5, 5.41) is 3.15. The molecule has 0 aliphatic carbocycles. The first kappa shape index (κ1) is 26.2. The van der Waals surface area contributed by atoms with Crippen LogP contribution in [0.25, 0.3) is 22.2 Å². The molecule has 198 valence electrons. The summed E-state index contributed by atoms with van der Waals surface area (Å²) in [7, 11) is 0. The standard InChI is InChI=1S/C34H35N3O2/c1-24(2)27-17-19-30(20-18-27)39-22-21-37-32-12-8-7-11-31(32)36-34(37)25(3)35-33(38)23-26-13-15-29(16-14-26)28-9-5-4-6-10-28/h4-20,24-25H,21-23H2,1-3H3,(H,35,38). The monoisotopic (exact) mass is 517 g/mol. The highest BCUT2D eigenvalue weighted by Gasteiger charge is 2.19. The van der Waals surface area contributed by atoms with E-state index in [1.165, 1.54) is 5.56 Å². The van der Waals surface area contributed by atoms with Crippen LogP contribution < -0.4 is 10.1 Å². The highest BCUT2D eigenvalue weighted by atomic mass is 16.5. The second-order valence-corrected chi connectivity index (χ2v) is 10.2. The minimum atomic E-state index is -0.251. The molecule has 0 spiro atoms. The minimum Gasteiger partial charge on any atom is -0.492 e. The summed E-state index contributed by atoms with van der Waals surface area (Å²) in [6.07, 6.45) is 0.315. The van der Waals surface area contributed by atoms with Crippen LogP contribution in [0.3, 0.4) is 0 Å². The van der Waals surface area contributed by atoms with Crippen molar-refractivity contribution in [2.24, 2.45) is 0 Å². The number of nitrogens with zero attached hydrogens (tertiary/aromatic N) is 2. The lowest BCUT2D eigenvalue weighted by atomic mass is 10.0. The van der Waals surface area contributed by atoms with Gasteiger partial charge >= 0.3 is 0 Å². The van der Waals surface area contributed by atoms with Gasteiger partial charge in [0, 0.05) is 0 Å². The zero-order valence-corrected chi connectivity index (χ0v) is 22.8. The van der Waals surface area contributed by atoms with Crippen LogP contribution >= 0.6 is 0 Å². The molecule has 0 radical (unpaired) electrons. The number of hydrogen-bond donors (Lipinski definition) is 1. The number of rotatable bonds is 10. The van der Waals surface area contributed by atoms with E-state index in [-0.39, 0.29) is 11.9 Å². The largest absolute Gasteiger partial charge is 0.492 e.